The molecule has 6 N–H and O–H groups in total. The number of ether oxygens (including phenoxy) is 1. The zero-order chi connectivity index (χ0) is 41.0. The fourth-order valence-electron chi connectivity index (χ4n) is 5.67. The smallest absolute Gasteiger partial charge is 0.408 e. The van der Waals surface area contributed by atoms with Crippen molar-refractivity contribution in [1.82, 2.24) is 20.9 Å². The zero-order valence-corrected chi connectivity index (χ0v) is 33.0. The largest absolute Gasteiger partial charge is 0.444 e. The fourth-order valence-corrected chi connectivity index (χ4v) is 5.67. The highest BCUT2D eigenvalue weighted by Gasteiger charge is 2.49. The summed E-state index contributed by atoms with van der Waals surface area (Å²) in [6, 6.07) is 10.3. The number of imide groups is 1. The first-order valence-electron chi connectivity index (χ1n) is 18.4. The van der Waals surface area contributed by atoms with E-state index in [0.717, 1.165) is 5.56 Å². The van der Waals surface area contributed by atoms with E-state index in [4.69, 9.17) is 10.5 Å². The number of carbonyl (C=O) groups is 5. The van der Waals surface area contributed by atoms with Crippen LogP contribution in [-0.2, 0) is 36.8 Å². The van der Waals surface area contributed by atoms with Gasteiger partial charge >= 0.3 is 6.09 Å². The number of hydrogen-bond acceptors (Lipinski definition) is 8. The predicted octanol–water partition coefficient (Wildman–Crippen LogP) is 4.43. The van der Waals surface area contributed by atoms with E-state index in [0.29, 0.717) is 16.0 Å². The summed E-state index contributed by atoms with van der Waals surface area (Å²) in [5.74, 6) is -8.68. The molecule has 5 atom stereocenters. The third kappa shape index (κ3) is 14.8. The lowest BCUT2D eigenvalue weighted by Crippen LogP contribution is -2.62. The summed E-state index contributed by atoms with van der Waals surface area (Å²) >= 11 is 0. The number of alkyl carbamates (subject to hydrolysis) is 1. The number of nitrogens with zero attached hydrogens (tertiary/aromatic N) is 1. The molecule has 5 amide bonds. The molecule has 0 saturated heterocycles. The van der Waals surface area contributed by atoms with Gasteiger partial charge in [0.05, 0.1) is 25.0 Å². The molecule has 54 heavy (non-hydrogen) atoms. The first kappa shape index (κ1) is 45.7. The number of carbonyl (C=O) groups excluding carboxylic acids is 5. The standard InChI is InChI=1S/C40H59F2N5O7/c1-10-29(44-32(48)22-28-18-14-15-26(6)20-28)36(51)47(37(52)33(43)25(4)5)23-40(41,42)34(49)30(19-24(2)3)45-35(50)31(21-27-16-12-11-13-17-27)46-38(53)54-39(7,8)9/h11-18,20,24-25,29-31,33-34,49H,10,19,21-23,43H2,1-9H3,(H,44,48)(H,45,50)(H,46,53)/t29-,30?,31+,33+,34?/m1/s1. The second kappa shape index (κ2) is 20.3. The van der Waals surface area contributed by atoms with E-state index in [-0.39, 0.29) is 31.6 Å². The van der Waals surface area contributed by atoms with Crippen molar-refractivity contribution >= 4 is 29.7 Å². The summed E-state index contributed by atoms with van der Waals surface area (Å²) in [4.78, 5) is 67.2. The average Bonchev–Trinajstić information content (AvgIpc) is 3.07. The second-order valence-electron chi connectivity index (χ2n) is 15.6. The molecule has 300 valence electrons. The molecule has 0 aliphatic rings. The Labute approximate surface area is 318 Å². The topological polar surface area (TPSA) is 180 Å². The van der Waals surface area contributed by atoms with Crippen molar-refractivity contribution < 1.29 is 42.6 Å². The van der Waals surface area contributed by atoms with Gasteiger partial charge in [-0.3, -0.25) is 24.1 Å². The third-order valence-corrected chi connectivity index (χ3v) is 8.55. The van der Waals surface area contributed by atoms with Crippen molar-refractivity contribution in [1.29, 1.82) is 0 Å². The van der Waals surface area contributed by atoms with Gasteiger partial charge in [0.15, 0.2) is 0 Å². The van der Waals surface area contributed by atoms with Crippen LogP contribution in [-0.4, -0.2) is 88.1 Å². The quantitative estimate of drug-likeness (QED) is 0.148. The van der Waals surface area contributed by atoms with E-state index in [2.05, 4.69) is 16.0 Å². The van der Waals surface area contributed by atoms with Gasteiger partial charge in [-0.05, 0) is 63.5 Å². The van der Waals surface area contributed by atoms with Crippen molar-refractivity contribution in [2.75, 3.05) is 6.54 Å². The number of rotatable bonds is 18. The van der Waals surface area contributed by atoms with Crippen LogP contribution in [0.15, 0.2) is 54.6 Å². The Balaban J connectivity index is 2.41. The predicted molar refractivity (Wildman–Crippen MR) is 202 cm³/mol. The first-order chi connectivity index (χ1) is 25.0. The Morgan fingerprint density at radius 3 is 2.02 bits per heavy atom. The molecular formula is C40H59F2N5O7. The van der Waals surface area contributed by atoms with Crippen molar-refractivity contribution in [3.05, 3.63) is 71.3 Å². The highest BCUT2D eigenvalue weighted by Crippen LogP contribution is 2.27. The van der Waals surface area contributed by atoms with E-state index in [1.165, 1.54) is 0 Å². The van der Waals surface area contributed by atoms with Crippen LogP contribution in [0.4, 0.5) is 13.6 Å². The fraction of sp³-hybridized carbons (Fsp3) is 0.575. The molecule has 0 aliphatic heterocycles. The first-order valence-corrected chi connectivity index (χ1v) is 18.4. The van der Waals surface area contributed by atoms with E-state index in [1.807, 2.05) is 13.0 Å². The van der Waals surface area contributed by atoms with Crippen LogP contribution in [0.2, 0.25) is 0 Å². The molecule has 0 aromatic heterocycles. The number of aliphatic hydroxyl groups excluding tert-OH is 1. The molecule has 2 aromatic carbocycles. The van der Waals surface area contributed by atoms with Crippen LogP contribution < -0.4 is 21.7 Å². The minimum atomic E-state index is -4.17. The normalized spacial score (nSPS) is 14.7. The summed E-state index contributed by atoms with van der Waals surface area (Å²) in [5, 5.41) is 18.9. The third-order valence-electron chi connectivity index (χ3n) is 8.55. The molecule has 0 aliphatic carbocycles. The van der Waals surface area contributed by atoms with Gasteiger partial charge in [0, 0.05) is 6.42 Å². The molecule has 0 saturated carbocycles. The van der Waals surface area contributed by atoms with Gasteiger partial charge in [0.2, 0.25) is 17.7 Å². The molecule has 2 rings (SSSR count). The lowest BCUT2D eigenvalue weighted by Gasteiger charge is -2.36. The number of aryl methyl sites for hydroxylation is 1. The minimum absolute atomic E-state index is 0.0231. The van der Waals surface area contributed by atoms with Gasteiger partial charge in [-0.25, -0.2) is 13.6 Å². The minimum Gasteiger partial charge on any atom is -0.444 e. The maximum Gasteiger partial charge on any atom is 0.408 e. The second-order valence-corrected chi connectivity index (χ2v) is 15.6. The van der Waals surface area contributed by atoms with Crippen molar-refractivity contribution in [3.8, 4) is 0 Å². The van der Waals surface area contributed by atoms with E-state index in [1.54, 1.807) is 104 Å². The molecule has 0 bridgehead atoms. The molecule has 0 spiro atoms. The average molecular weight is 760 g/mol. The van der Waals surface area contributed by atoms with Crippen LogP contribution in [0.3, 0.4) is 0 Å². The number of nitrogens with one attached hydrogen (secondary N) is 3. The molecule has 14 heteroatoms. The molecule has 0 fully saturated rings. The van der Waals surface area contributed by atoms with Crippen LogP contribution in [0.1, 0.15) is 84.9 Å². The van der Waals surface area contributed by atoms with Crippen LogP contribution in [0.25, 0.3) is 0 Å². The summed E-state index contributed by atoms with van der Waals surface area (Å²) in [6.45, 7) is 13.4. The van der Waals surface area contributed by atoms with Crippen LogP contribution >= 0.6 is 0 Å². The van der Waals surface area contributed by atoms with Gasteiger partial charge < -0.3 is 31.5 Å². The molecule has 0 heterocycles. The number of amides is 5. The maximum absolute atomic E-state index is 16.3. The van der Waals surface area contributed by atoms with E-state index >= 15 is 8.78 Å². The van der Waals surface area contributed by atoms with Crippen molar-refractivity contribution in [2.45, 2.75) is 130 Å². The van der Waals surface area contributed by atoms with Gasteiger partial charge in [-0.2, -0.15) is 0 Å². The number of benzene rings is 2. The van der Waals surface area contributed by atoms with Crippen molar-refractivity contribution in [2.24, 2.45) is 17.6 Å². The van der Waals surface area contributed by atoms with Crippen molar-refractivity contribution in [3.63, 3.8) is 0 Å². The van der Waals surface area contributed by atoms with Crippen LogP contribution in [0.5, 0.6) is 0 Å². The lowest BCUT2D eigenvalue weighted by atomic mass is 9.93. The SMILES string of the molecule is CC[C@@H](NC(=O)Cc1cccc(C)c1)C(=O)N(CC(F)(F)C(O)C(CC(C)C)NC(=O)[C@H](Cc1ccccc1)NC(=O)OC(C)(C)C)C(=O)[C@@H](N)C(C)C. The maximum atomic E-state index is 16.3. The van der Waals surface area contributed by atoms with Gasteiger partial charge in [0.1, 0.15) is 23.8 Å². The Morgan fingerprint density at radius 2 is 1.48 bits per heavy atom. The van der Waals surface area contributed by atoms with E-state index < -0.39 is 84.0 Å². The zero-order valence-electron chi connectivity index (χ0n) is 33.0. The summed E-state index contributed by atoms with van der Waals surface area (Å²) in [7, 11) is 0. The highest BCUT2D eigenvalue weighted by molar-refractivity contribution is 6.01. The number of hydrogen-bond donors (Lipinski definition) is 5. The van der Waals surface area contributed by atoms with E-state index in [9.17, 15) is 29.1 Å². The number of nitrogens with two attached hydrogens (primary N) is 1. The molecule has 2 unspecified atom stereocenters. The Kier molecular flexibility index (Phi) is 17.2. The monoisotopic (exact) mass is 759 g/mol. The Morgan fingerprint density at radius 1 is 0.870 bits per heavy atom. The Bertz CT molecular complexity index is 1570. The number of aliphatic hydroxyl groups is 1. The Hall–Kier alpha value is -4.43. The van der Waals surface area contributed by atoms with Gasteiger partial charge in [-0.1, -0.05) is 94.8 Å². The summed E-state index contributed by atoms with van der Waals surface area (Å²) < 4.78 is 38.0. The highest BCUT2D eigenvalue weighted by atomic mass is 19.3. The van der Waals surface area contributed by atoms with Gasteiger partial charge in [0.25, 0.3) is 11.8 Å². The molecular weight excluding hydrogens is 700 g/mol. The van der Waals surface area contributed by atoms with Gasteiger partial charge in [-0.15, -0.1) is 0 Å². The van der Waals surface area contributed by atoms with Crippen LogP contribution in [0, 0.1) is 18.8 Å². The summed E-state index contributed by atoms with van der Waals surface area (Å²) in [5.41, 5.74) is 7.43. The molecule has 0 radical (unpaired) electrons. The number of halogens is 2. The number of alkyl halides is 2. The lowest BCUT2D eigenvalue weighted by molar-refractivity contribution is -0.167. The molecule has 12 nitrogen and oxygen atoms in total. The molecule has 2 aromatic rings. The summed E-state index contributed by atoms with van der Waals surface area (Å²) in [6.07, 6.45) is -3.79.